The highest BCUT2D eigenvalue weighted by Crippen LogP contribution is 2.14. The molecular formula is C12H16N4. The minimum absolute atomic E-state index is 0.168. The van der Waals surface area contributed by atoms with Crippen molar-refractivity contribution in [2.24, 2.45) is 5.73 Å². The molecule has 16 heavy (non-hydrogen) atoms. The maximum Gasteiger partial charge on any atom is 0.0938 e. The van der Waals surface area contributed by atoms with Gasteiger partial charge in [0.1, 0.15) is 0 Å². The molecule has 0 aliphatic heterocycles. The predicted octanol–water partition coefficient (Wildman–Crippen LogP) is 1.68. The topological polar surface area (TPSA) is 56.7 Å². The van der Waals surface area contributed by atoms with E-state index in [-0.39, 0.29) is 6.04 Å². The van der Waals surface area contributed by atoms with E-state index in [2.05, 4.69) is 17.0 Å². The summed E-state index contributed by atoms with van der Waals surface area (Å²) >= 11 is 0. The van der Waals surface area contributed by atoms with Crippen LogP contribution in [0.2, 0.25) is 0 Å². The third kappa shape index (κ3) is 2.46. The van der Waals surface area contributed by atoms with Crippen molar-refractivity contribution in [3.05, 3.63) is 36.8 Å². The van der Waals surface area contributed by atoms with E-state index in [1.807, 2.05) is 35.3 Å². The van der Waals surface area contributed by atoms with Crippen LogP contribution in [-0.2, 0) is 6.54 Å². The Morgan fingerprint density at radius 2 is 2.31 bits per heavy atom. The highest BCUT2D eigenvalue weighted by atomic mass is 15.3. The molecule has 0 saturated carbocycles. The average molecular weight is 216 g/mol. The number of pyridine rings is 1. The van der Waals surface area contributed by atoms with E-state index in [1.165, 1.54) is 0 Å². The van der Waals surface area contributed by atoms with Gasteiger partial charge in [0.25, 0.3) is 0 Å². The fraction of sp³-hybridized carbons (Fsp3) is 0.333. The van der Waals surface area contributed by atoms with Gasteiger partial charge in [0.05, 0.1) is 12.2 Å². The normalized spacial score (nSPS) is 12.6. The van der Waals surface area contributed by atoms with Gasteiger partial charge < -0.3 is 5.73 Å². The molecule has 0 aliphatic carbocycles. The SMILES string of the molecule is CCC(N)Cn1ccc(-c2cccnc2)n1. The van der Waals surface area contributed by atoms with Crippen LogP contribution < -0.4 is 5.73 Å². The molecule has 0 saturated heterocycles. The van der Waals surface area contributed by atoms with Crippen LogP contribution in [0, 0.1) is 0 Å². The van der Waals surface area contributed by atoms with Gasteiger partial charge in [-0.05, 0) is 24.6 Å². The van der Waals surface area contributed by atoms with Gasteiger partial charge in [-0.1, -0.05) is 6.92 Å². The summed E-state index contributed by atoms with van der Waals surface area (Å²) in [4.78, 5) is 4.07. The molecule has 84 valence electrons. The summed E-state index contributed by atoms with van der Waals surface area (Å²) in [5.41, 5.74) is 7.85. The molecule has 1 atom stereocenters. The van der Waals surface area contributed by atoms with Crippen molar-refractivity contribution in [2.45, 2.75) is 25.9 Å². The Kier molecular flexibility index (Phi) is 3.31. The van der Waals surface area contributed by atoms with E-state index < -0.39 is 0 Å². The number of nitrogens with zero attached hydrogens (tertiary/aromatic N) is 3. The van der Waals surface area contributed by atoms with Crippen molar-refractivity contribution in [1.29, 1.82) is 0 Å². The first-order chi connectivity index (χ1) is 7.79. The molecule has 0 aliphatic rings. The lowest BCUT2D eigenvalue weighted by molar-refractivity contribution is 0.501. The molecule has 2 N–H and O–H groups in total. The first-order valence-corrected chi connectivity index (χ1v) is 5.49. The van der Waals surface area contributed by atoms with Gasteiger partial charge in [0, 0.05) is 30.2 Å². The van der Waals surface area contributed by atoms with Crippen molar-refractivity contribution in [2.75, 3.05) is 0 Å². The first kappa shape index (κ1) is 10.8. The molecule has 1 unspecified atom stereocenters. The largest absolute Gasteiger partial charge is 0.326 e. The summed E-state index contributed by atoms with van der Waals surface area (Å²) in [5, 5.41) is 4.47. The highest BCUT2D eigenvalue weighted by molar-refractivity contribution is 5.56. The van der Waals surface area contributed by atoms with Crippen molar-refractivity contribution >= 4 is 0 Å². The monoisotopic (exact) mass is 216 g/mol. The average Bonchev–Trinajstić information content (AvgIpc) is 2.78. The van der Waals surface area contributed by atoms with Gasteiger partial charge in [-0.3, -0.25) is 9.67 Å². The lowest BCUT2D eigenvalue weighted by Crippen LogP contribution is -2.25. The van der Waals surface area contributed by atoms with E-state index in [4.69, 9.17) is 5.73 Å². The van der Waals surface area contributed by atoms with Gasteiger partial charge in [-0.25, -0.2) is 0 Å². The third-order valence-electron chi connectivity index (χ3n) is 2.54. The second kappa shape index (κ2) is 4.90. The molecule has 0 amide bonds. The zero-order valence-electron chi connectivity index (χ0n) is 9.37. The van der Waals surface area contributed by atoms with Gasteiger partial charge >= 0.3 is 0 Å². The van der Waals surface area contributed by atoms with Crippen LogP contribution in [0.1, 0.15) is 13.3 Å². The van der Waals surface area contributed by atoms with Gasteiger partial charge in [0.15, 0.2) is 0 Å². The molecule has 0 bridgehead atoms. The quantitative estimate of drug-likeness (QED) is 0.846. The van der Waals surface area contributed by atoms with Crippen LogP contribution in [-0.4, -0.2) is 20.8 Å². The highest BCUT2D eigenvalue weighted by Gasteiger charge is 2.04. The molecule has 0 aromatic carbocycles. The van der Waals surface area contributed by atoms with Crippen LogP contribution >= 0.6 is 0 Å². The standard InChI is InChI=1S/C12H16N4/c1-2-11(13)9-16-7-5-12(15-16)10-4-3-6-14-8-10/h3-8,11H,2,9,13H2,1H3. The minimum Gasteiger partial charge on any atom is -0.326 e. The van der Waals surface area contributed by atoms with Crippen molar-refractivity contribution in [3.63, 3.8) is 0 Å². The van der Waals surface area contributed by atoms with Crippen molar-refractivity contribution in [1.82, 2.24) is 14.8 Å². The van der Waals surface area contributed by atoms with Crippen LogP contribution in [0.4, 0.5) is 0 Å². The van der Waals surface area contributed by atoms with Crippen molar-refractivity contribution < 1.29 is 0 Å². The fourth-order valence-corrected chi connectivity index (χ4v) is 1.50. The summed E-state index contributed by atoms with van der Waals surface area (Å²) in [7, 11) is 0. The molecule has 2 aromatic heterocycles. The van der Waals surface area contributed by atoms with Gasteiger partial charge in [0.2, 0.25) is 0 Å². The van der Waals surface area contributed by atoms with E-state index in [1.54, 1.807) is 6.20 Å². The summed E-state index contributed by atoms with van der Waals surface area (Å²) in [5.74, 6) is 0. The van der Waals surface area contributed by atoms with Crippen LogP contribution in [0.5, 0.6) is 0 Å². The number of nitrogens with two attached hydrogens (primary N) is 1. The van der Waals surface area contributed by atoms with Crippen LogP contribution in [0.3, 0.4) is 0 Å². The molecule has 0 radical (unpaired) electrons. The Morgan fingerprint density at radius 3 is 3.00 bits per heavy atom. The lowest BCUT2D eigenvalue weighted by atomic mass is 10.2. The third-order valence-corrected chi connectivity index (χ3v) is 2.54. The Morgan fingerprint density at radius 1 is 1.44 bits per heavy atom. The Balaban J connectivity index is 2.14. The number of aromatic nitrogens is 3. The summed E-state index contributed by atoms with van der Waals surface area (Å²) in [6.45, 7) is 2.84. The zero-order valence-corrected chi connectivity index (χ0v) is 9.37. The molecule has 4 heteroatoms. The molecule has 0 fully saturated rings. The molecule has 2 rings (SSSR count). The molecule has 4 nitrogen and oxygen atoms in total. The second-order valence-electron chi connectivity index (χ2n) is 3.83. The van der Waals surface area contributed by atoms with Crippen LogP contribution in [0.25, 0.3) is 11.3 Å². The number of rotatable bonds is 4. The Labute approximate surface area is 95.1 Å². The summed E-state index contributed by atoms with van der Waals surface area (Å²) < 4.78 is 1.89. The van der Waals surface area contributed by atoms with E-state index in [9.17, 15) is 0 Å². The van der Waals surface area contributed by atoms with Gasteiger partial charge in [-0.15, -0.1) is 0 Å². The Hall–Kier alpha value is -1.68. The number of hydrogen-bond donors (Lipinski definition) is 1. The molecular weight excluding hydrogens is 200 g/mol. The minimum atomic E-state index is 0.168. The van der Waals surface area contributed by atoms with Crippen LogP contribution in [0.15, 0.2) is 36.8 Å². The summed E-state index contributed by atoms with van der Waals surface area (Å²) in [6, 6.07) is 6.06. The Bertz CT molecular complexity index is 435. The molecule has 0 spiro atoms. The predicted molar refractivity (Wildman–Crippen MR) is 63.7 cm³/mol. The second-order valence-corrected chi connectivity index (χ2v) is 3.83. The van der Waals surface area contributed by atoms with Gasteiger partial charge in [-0.2, -0.15) is 5.10 Å². The van der Waals surface area contributed by atoms with E-state index in [0.29, 0.717) is 0 Å². The number of hydrogen-bond acceptors (Lipinski definition) is 3. The fourth-order valence-electron chi connectivity index (χ4n) is 1.50. The first-order valence-electron chi connectivity index (χ1n) is 5.49. The summed E-state index contributed by atoms with van der Waals surface area (Å²) in [6.07, 6.45) is 6.49. The van der Waals surface area contributed by atoms with Crippen molar-refractivity contribution in [3.8, 4) is 11.3 Å². The lowest BCUT2D eigenvalue weighted by Gasteiger charge is -2.07. The molecule has 2 heterocycles. The maximum atomic E-state index is 5.88. The smallest absolute Gasteiger partial charge is 0.0938 e. The molecule has 2 aromatic rings. The maximum absolute atomic E-state index is 5.88. The zero-order chi connectivity index (χ0) is 11.4. The van der Waals surface area contributed by atoms with E-state index in [0.717, 1.165) is 24.2 Å². The van der Waals surface area contributed by atoms with E-state index >= 15 is 0 Å².